The zero-order chi connectivity index (χ0) is 13.8. The van der Waals surface area contributed by atoms with Gasteiger partial charge in [-0.15, -0.1) is 0 Å². The third-order valence-electron chi connectivity index (χ3n) is 2.51. The molecule has 6 heteroatoms. The van der Waals surface area contributed by atoms with Gasteiger partial charge in [0.15, 0.2) is 11.6 Å². The Kier molecular flexibility index (Phi) is 4.06. The molecule has 0 aliphatic heterocycles. The Morgan fingerprint density at radius 2 is 2.11 bits per heavy atom. The maximum atomic E-state index is 13.5. The average Bonchev–Trinajstić information content (AvgIpc) is 2.38. The quantitative estimate of drug-likeness (QED) is 0.936. The number of nitrogens with two attached hydrogens (primary N) is 1. The van der Waals surface area contributed by atoms with Crippen molar-refractivity contribution >= 4 is 17.3 Å². The van der Waals surface area contributed by atoms with Crippen LogP contribution < -0.4 is 16.0 Å². The smallest absolute Gasteiger partial charge is 0.250 e. The van der Waals surface area contributed by atoms with Gasteiger partial charge < -0.3 is 15.0 Å². The van der Waals surface area contributed by atoms with Crippen molar-refractivity contribution in [2.75, 3.05) is 12.3 Å². The lowest BCUT2D eigenvalue weighted by Gasteiger charge is -2.09. The minimum Gasteiger partial charge on any atom is -0.489 e. The SMILES string of the molecule is Nc1ccc(=O)n(CCOc2cccc(Cl)c2F)c1. The lowest BCUT2D eigenvalue weighted by atomic mass is 10.3. The van der Waals surface area contributed by atoms with E-state index in [1.54, 1.807) is 6.07 Å². The topological polar surface area (TPSA) is 57.2 Å². The van der Waals surface area contributed by atoms with E-state index in [9.17, 15) is 9.18 Å². The first-order chi connectivity index (χ1) is 9.08. The Hall–Kier alpha value is -2.01. The largest absolute Gasteiger partial charge is 0.489 e. The molecular weight excluding hydrogens is 271 g/mol. The van der Waals surface area contributed by atoms with Crippen molar-refractivity contribution in [2.24, 2.45) is 0 Å². The van der Waals surface area contributed by atoms with Gasteiger partial charge in [-0.1, -0.05) is 17.7 Å². The summed E-state index contributed by atoms with van der Waals surface area (Å²) < 4.78 is 20.2. The van der Waals surface area contributed by atoms with Crippen molar-refractivity contribution in [3.63, 3.8) is 0 Å². The predicted molar refractivity (Wildman–Crippen MR) is 72.0 cm³/mol. The second-order valence-electron chi connectivity index (χ2n) is 3.89. The predicted octanol–water partition coefficient (Wildman–Crippen LogP) is 2.30. The van der Waals surface area contributed by atoms with Crippen LogP contribution in [0.1, 0.15) is 0 Å². The molecule has 1 heterocycles. The molecule has 2 aromatic rings. The van der Waals surface area contributed by atoms with Gasteiger partial charge >= 0.3 is 0 Å². The highest BCUT2D eigenvalue weighted by molar-refractivity contribution is 6.30. The van der Waals surface area contributed by atoms with Crippen LogP contribution in [-0.4, -0.2) is 11.2 Å². The maximum absolute atomic E-state index is 13.5. The Balaban J connectivity index is 2.02. The monoisotopic (exact) mass is 282 g/mol. The lowest BCUT2D eigenvalue weighted by molar-refractivity contribution is 0.283. The number of anilines is 1. The zero-order valence-electron chi connectivity index (χ0n) is 9.98. The van der Waals surface area contributed by atoms with E-state index in [0.717, 1.165) is 0 Å². The summed E-state index contributed by atoms with van der Waals surface area (Å²) in [5, 5.41) is -0.00128. The standard InChI is InChI=1S/C13H12ClFN2O2/c14-10-2-1-3-11(13(10)15)19-7-6-17-8-9(16)4-5-12(17)18/h1-5,8H,6-7,16H2. The van der Waals surface area contributed by atoms with Crippen LogP contribution in [0.3, 0.4) is 0 Å². The highest BCUT2D eigenvalue weighted by Crippen LogP contribution is 2.23. The second-order valence-corrected chi connectivity index (χ2v) is 4.30. The molecule has 0 saturated heterocycles. The minimum absolute atomic E-state index is 0.00128. The molecule has 0 unspecified atom stereocenters. The number of rotatable bonds is 4. The van der Waals surface area contributed by atoms with Crippen LogP contribution in [0.5, 0.6) is 5.75 Å². The molecule has 0 fully saturated rings. The molecule has 0 bridgehead atoms. The number of hydrogen-bond donors (Lipinski definition) is 1. The Morgan fingerprint density at radius 1 is 1.32 bits per heavy atom. The van der Waals surface area contributed by atoms with E-state index in [-0.39, 0.29) is 29.5 Å². The number of pyridine rings is 1. The molecule has 0 radical (unpaired) electrons. The Bertz CT molecular complexity index is 643. The molecule has 2 N–H and O–H groups in total. The number of nitrogens with zero attached hydrogens (tertiary/aromatic N) is 1. The van der Waals surface area contributed by atoms with Crippen LogP contribution in [-0.2, 0) is 6.54 Å². The molecule has 0 atom stereocenters. The number of hydrogen-bond acceptors (Lipinski definition) is 3. The summed E-state index contributed by atoms with van der Waals surface area (Å²) in [6.45, 7) is 0.413. The van der Waals surface area contributed by atoms with E-state index in [2.05, 4.69) is 0 Å². The summed E-state index contributed by atoms with van der Waals surface area (Å²) in [4.78, 5) is 11.5. The summed E-state index contributed by atoms with van der Waals surface area (Å²) in [5.74, 6) is -0.548. The molecule has 0 aliphatic carbocycles. The van der Waals surface area contributed by atoms with E-state index in [1.165, 1.54) is 35.0 Å². The van der Waals surface area contributed by atoms with Crippen LogP contribution in [0.2, 0.25) is 5.02 Å². The lowest BCUT2D eigenvalue weighted by Crippen LogP contribution is -2.22. The van der Waals surface area contributed by atoms with E-state index < -0.39 is 5.82 Å². The first kappa shape index (κ1) is 13.4. The van der Waals surface area contributed by atoms with Crippen LogP contribution >= 0.6 is 11.6 Å². The molecule has 1 aromatic heterocycles. The second kappa shape index (κ2) is 5.75. The van der Waals surface area contributed by atoms with Crippen LogP contribution in [0.15, 0.2) is 41.3 Å². The molecule has 0 spiro atoms. The molecule has 0 saturated carbocycles. The van der Waals surface area contributed by atoms with Crippen molar-refractivity contribution in [3.05, 3.63) is 57.7 Å². The fraction of sp³-hybridized carbons (Fsp3) is 0.154. The summed E-state index contributed by atoms with van der Waals surface area (Å²) >= 11 is 5.63. The number of benzene rings is 1. The van der Waals surface area contributed by atoms with Gasteiger partial charge in [0, 0.05) is 18.0 Å². The zero-order valence-corrected chi connectivity index (χ0v) is 10.7. The number of nitrogen functional groups attached to an aromatic ring is 1. The fourth-order valence-electron chi connectivity index (χ4n) is 1.57. The van der Waals surface area contributed by atoms with E-state index in [0.29, 0.717) is 5.69 Å². The van der Waals surface area contributed by atoms with Crippen molar-refractivity contribution < 1.29 is 9.13 Å². The van der Waals surface area contributed by atoms with Gasteiger partial charge in [0.1, 0.15) is 6.61 Å². The third-order valence-corrected chi connectivity index (χ3v) is 2.80. The van der Waals surface area contributed by atoms with Crippen LogP contribution in [0, 0.1) is 5.82 Å². The molecule has 0 aliphatic rings. The molecule has 2 rings (SSSR count). The van der Waals surface area contributed by atoms with E-state index >= 15 is 0 Å². The van der Waals surface area contributed by atoms with E-state index in [4.69, 9.17) is 22.1 Å². The Morgan fingerprint density at radius 3 is 2.89 bits per heavy atom. The molecule has 0 amide bonds. The minimum atomic E-state index is -0.607. The third kappa shape index (κ3) is 3.26. The fourth-order valence-corrected chi connectivity index (χ4v) is 1.74. The summed E-state index contributed by atoms with van der Waals surface area (Å²) in [5.41, 5.74) is 5.87. The first-order valence-electron chi connectivity index (χ1n) is 5.60. The summed E-state index contributed by atoms with van der Waals surface area (Å²) in [6.07, 6.45) is 1.51. The van der Waals surface area contributed by atoms with E-state index in [1.807, 2.05) is 0 Å². The molecular formula is C13H12ClFN2O2. The van der Waals surface area contributed by atoms with Gasteiger partial charge in [0.25, 0.3) is 5.56 Å². The molecule has 4 nitrogen and oxygen atoms in total. The van der Waals surface area contributed by atoms with Gasteiger partial charge in [0.05, 0.1) is 11.6 Å². The normalized spacial score (nSPS) is 10.4. The van der Waals surface area contributed by atoms with Gasteiger partial charge in [-0.05, 0) is 18.2 Å². The Labute approximate surface area is 114 Å². The van der Waals surface area contributed by atoms with Crippen molar-refractivity contribution in [1.82, 2.24) is 4.57 Å². The summed E-state index contributed by atoms with van der Waals surface area (Å²) in [7, 11) is 0. The average molecular weight is 283 g/mol. The van der Waals surface area contributed by atoms with Crippen molar-refractivity contribution in [3.8, 4) is 5.75 Å². The van der Waals surface area contributed by atoms with Crippen molar-refractivity contribution in [2.45, 2.75) is 6.54 Å². The molecule has 19 heavy (non-hydrogen) atoms. The number of halogens is 2. The molecule has 1 aromatic carbocycles. The summed E-state index contributed by atoms with van der Waals surface area (Å²) in [6, 6.07) is 7.40. The van der Waals surface area contributed by atoms with Crippen LogP contribution in [0.25, 0.3) is 0 Å². The molecule has 100 valence electrons. The highest BCUT2D eigenvalue weighted by atomic mass is 35.5. The van der Waals surface area contributed by atoms with Gasteiger partial charge in [-0.3, -0.25) is 4.79 Å². The van der Waals surface area contributed by atoms with Gasteiger partial charge in [-0.2, -0.15) is 0 Å². The van der Waals surface area contributed by atoms with Crippen molar-refractivity contribution in [1.29, 1.82) is 0 Å². The number of aromatic nitrogens is 1. The highest BCUT2D eigenvalue weighted by Gasteiger charge is 2.07. The maximum Gasteiger partial charge on any atom is 0.250 e. The first-order valence-corrected chi connectivity index (χ1v) is 5.98. The van der Waals surface area contributed by atoms with Crippen LogP contribution in [0.4, 0.5) is 10.1 Å². The number of ether oxygens (including phenoxy) is 1. The van der Waals surface area contributed by atoms with Gasteiger partial charge in [0.2, 0.25) is 0 Å². The van der Waals surface area contributed by atoms with Gasteiger partial charge in [-0.25, -0.2) is 4.39 Å².